The van der Waals surface area contributed by atoms with Crippen LogP contribution in [-0.2, 0) is 16.6 Å². The minimum absolute atomic E-state index is 0. The van der Waals surface area contributed by atoms with E-state index >= 15 is 0 Å². The van der Waals surface area contributed by atoms with Crippen LogP contribution in [0.15, 0.2) is 58.4 Å². The maximum absolute atomic E-state index is 12.2. The molecule has 0 aromatic heterocycles. The number of hydrogen-bond donors (Lipinski definition) is 2. The van der Waals surface area contributed by atoms with Gasteiger partial charge in [-0.25, -0.2) is 12.7 Å². The van der Waals surface area contributed by atoms with E-state index in [1.807, 2.05) is 12.1 Å². The summed E-state index contributed by atoms with van der Waals surface area (Å²) in [5.74, 6) is 0.746. The molecule has 2 N–H and O–H groups in total. The van der Waals surface area contributed by atoms with Crippen LogP contribution in [0.1, 0.15) is 17.5 Å². The Bertz CT molecular complexity index is 976. The quantitative estimate of drug-likeness (QED) is 0.325. The minimum atomic E-state index is -3.40. The Labute approximate surface area is 203 Å². The zero-order valence-corrected chi connectivity index (χ0v) is 21.6. The molecule has 1 saturated heterocycles. The summed E-state index contributed by atoms with van der Waals surface area (Å²) in [6.45, 7) is 4.61. The van der Waals surface area contributed by atoms with Crippen molar-refractivity contribution in [2.45, 2.75) is 30.8 Å². The van der Waals surface area contributed by atoms with Gasteiger partial charge in [0.05, 0.1) is 4.90 Å². The highest BCUT2D eigenvalue weighted by Crippen LogP contribution is 2.20. The van der Waals surface area contributed by atoms with Crippen LogP contribution < -0.4 is 15.5 Å². The van der Waals surface area contributed by atoms with Crippen LogP contribution >= 0.6 is 24.0 Å². The van der Waals surface area contributed by atoms with Gasteiger partial charge in [0.25, 0.3) is 0 Å². The second-order valence-electron chi connectivity index (χ2n) is 7.77. The first-order valence-corrected chi connectivity index (χ1v) is 11.5. The van der Waals surface area contributed by atoms with E-state index in [0.29, 0.717) is 17.5 Å². The molecular formula is C22H32IN5O2S. The number of guanidine groups is 1. The highest BCUT2D eigenvalue weighted by molar-refractivity contribution is 14.0. The van der Waals surface area contributed by atoms with Crippen LogP contribution in [0.25, 0.3) is 0 Å². The van der Waals surface area contributed by atoms with E-state index in [1.54, 1.807) is 19.2 Å². The van der Waals surface area contributed by atoms with Gasteiger partial charge in [-0.2, -0.15) is 0 Å². The number of nitrogens with zero attached hydrogens (tertiary/aromatic N) is 3. The molecule has 3 rings (SSSR count). The van der Waals surface area contributed by atoms with Crippen molar-refractivity contribution < 1.29 is 8.42 Å². The molecule has 1 unspecified atom stereocenters. The van der Waals surface area contributed by atoms with E-state index in [9.17, 15) is 8.42 Å². The van der Waals surface area contributed by atoms with Gasteiger partial charge in [-0.15, -0.1) is 24.0 Å². The Balaban J connectivity index is 0.00000341. The second-order valence-corrected chi connectivity index (χ2v) is 9.92. The van der Waals surface area contributed by atoms with Crippen molar-refractivity contribution >= 4 is 45.6 Å². The predicted molar refractivity (Wildman–Crippen MR) is 138 cm³/mol. The molecule has 1 heterocycles. The van der Waals surface area contributed by atoms with Gasteiger partial charge in [-0.1, -0.05) is 29.8 Å². The van der Waals surface area contributed by atoms with Crippen molar-refractivity contribution in [2.24, 2.45) is 4.99 Å². The third-order valence-electron chi connectivity index (χ3n) is 5.31. The Morgan fingerprint density at radius 1 is 1.13 bits per heavy atom. The molecule has 1 aliphatic rings. The number of nitrogens with one attached hydrogen (secondary N) is 2. The van der Waals surface area contributed by atoms with Crippen molar-refractivity contribution in [2.75, 3.05) is 39.1 Å². The standard InChI is InChI=1S/C22H31N5O2S.HI/c1-17-5-9-20(10-6-17)27-14-13-19(16-27)25-22(23-2)24-15-18-7-11-21(12-8-18)30(28,29)26(3)4;/h5-12,19H,13-16H2,1-4H3,(H2,23,24,25);1H. The number of hydrogen-bond acceptors (Lipinski definition) is 4. The van der Waals surface area contributed by atoms with Crippen molar-refractivity contribution in [3.8, 4) is 0 Å². The first-order chi connectivity index (χ1) is 14.3. The molecule has 0 spiro atoms. The van der Waals surface area contributed by atoms with E-state index < -0.39 is 10.0 Å². The first-order valence-electron chi connectivity index (χ1n) is 10.1. The zero-order chi connectivity index (χ0) is 21.7. The molecule has 9 heteroatoms. The predicted octanol–water partition coefficient (Wildman–Crippen LogP) is 2.81. The lowest BCUT2D eigenvalue weighted by atomic mass is 10.2. The van der Waals surface area contributed by atoms with E-state index in [4.69, 9.17) is 0 Å². The lowest BCUT2D eigenvalue weighted by Gasteiger charge is -2.20. The molecule has 7 nitrogen and oxygen atoms in total. The van der Waals surface area contributed by atoms with Gasteiger partial charge >= 0.3 is 0 Å². The first kappa shape index (κ1) is 25.4. The van der Waals surface area contributed by atoms with Gasteiger partial charge in [0.1, 0.15) is 0 Å². The van der Waals surface area contributed by atoms with Crippen LogP contribution in [0.5, 0.6) is 0 Å². The van der Waals surface area contributed by atoms with Gasteiger partial charge in [-0.05, 0) is 43.2 Å². The number of aryl methyl sites for hydroxylation is 1. The summed E-state index contributed by atoms with van der Waals surface area (Å²) in [6, 6.07) is 15.9. The summed E-state index contributed by atoms with van der Waals surface area (Å²) in [4.78, 5) is 7.01. The van der Waals surface area contributed by atoms with E-state index in [-0.39, 0.29) is 24.0 Å². The number of aliphatic imine (C=N–C) groups is 1. The number of rotatable bonds is 6. The fourth-order valence-corrected chi connectivity index (χ4v) is 4.33. The molecule has 1 atom stereocenters. The highest BCUT2D eigenvalue weighted by Gasteiger charge is 2.23. The number of benzene rings is 2. The van der Waals surface area contributed by atoms with Crippen molar-refractivity contribution in [1.82, 2.24) is 14.9 Å². The zero-order valence-electron chi connectivity index (χ0n) is 18.5. The SMILES string of the molecule is CN=C(NCc1ccc(S(=O)(=O)N(C)C)cc1)NC1CCN(c2ccc(C)cc2)C1.I. The van der Waals surface area contributed by atoms with Crippen LogP contribution in [0, 0.1) is 6.92 Å². The lowest BCUT2D eigenvalue weighted by Crippen LogP contribution is -2.44. The van der Waals surface area contributed by atoms with Crippen LogP contribution in [0.4, 0.5) is 5.69 Å². The molecule has 0 radical (unpaired) electrons. The van der Waals surface area contributed by atoms with Gasteiger partial charge in [-0.3, -0.25) is 4.99 Å². The van der Waals surface area contributed by atoms with Crippen LogP contribution in [-0.4, -0.2) is 59.0 Å². The average molecular weight is 558 g/mol. The fraction of sp³-hybridized carbons (Fsp3) is 0.409. The molecule has 170 valence electrons. The Hall–Kier alpha value is -1.85. The van der Waals surface area contributed by atoms with Crippen molar-refractivity contribution in [3.05, 3.63) is 59.7 Å². The molecule has 0 saturated carbocycles. The summed E-state index contributed by atoms with van der Waals surface area (Å²) >= 11 is 0. The van der Waals surface area contributed by atoms with E-state index in [1.165, 1.54) is 29.7 Å². The molecule has 1 fully saturated rings. The summed E-state index contributed by atoms with van der Waals surface area (Å²) in [5.41, 5.74) is 3.51. The minimum Gasteiger partial charge on any atom is -0.369 e. The van der Waals surface area contributed by atoms with Crippen LogP contribution in [0.3, 0.4) is 0 Å². The van der Waals surface area contributed by atoms with E-state index in [0.717, 1.165) is 31.0 Å². The molecular weight excluding hydrogens is 525 g/mol. The summed E-state index contributed by atoms with van der Waals surface area (Å²) in [6.07, 6.45) is 1.05. The summed E-state index contributed by atoms with van der Waals surface area (Å²) < 4.78 is 25.6. The molecule has 0 bridgehead atoms. The van der Waals surface area contributed by atoms with Crippen LogP contribution in [0.2, 0.25) is 0 Å². The van der Waals surface area contributed by atoms with Gasteiger partial charge < -0.3 is 15.5 Å². The third kappa shape index (κ3) is 6.56. The molecule has 31 heavy (non-hydrogen) atoms. The fourth-order valence-electron chi connectivity index (χ4n) is 3.43. The Kier molecular flexibility index (Phi) is 9.14. The molecule has 2 aromatic rings. The monoisotopic (exact) mass is 557 g/mol. The summed E-state index contributed by atoms with van der Waals surface area (Å²) in [7, 11) is 1.42. The van der Waals surface area contributed by atoms with Gasteiger partial charge in [0.2, 0.25) is 10.0 Å². The smallest absolute Gasteiger partial charge is 0.242 e. The van der Waals surface area contributed by atoms with Crippen molar-refractivity contribution in [3.63, 3.8) is 0 Å². The summed E-state index contributed by atoms with van der Waals surface area (Å²) in [5, 5.41) is 6.81. The van der Waals surface area contributed by atoms with Gasteiger partial charge in [0.15, 0.2) is 5.96 Å². The molecule has 1 aliphatic heterocycles. The molecule has 0 amide bonds. The highest BCUT2D eigenvalue weighted by atomic mass is 127. The Morgan fingerprint density at radius 3 is 2.35 bits per heavy atom. The third-order valence-corrected chi connectivity index (χ3v) is 7.14. The number of halogens is 1. The maximum atomic E-state index is 12.2. The lowest BCUT2D eigenvalue weighted by molar-refractivity contribution is 0.520. The molecule has 2 aromatic carbocycles. The van der Waals surface area contributed by atoms with E-state index in [2.05, 4.69) is 51.7 Å². The average Bonchev–Trinajstić information content (AvgIpc) is 3.20. The number of sulfonamides is 1. The largest absolute Gasteiger partial charge is 0.369 e. The topological polar surface area (TPSA) is 77.0 Å². The second kappa shape index (κ2) is 11.1. The maximum Gasteiger partial charge on any atom is 0.242 e. The number of anilines is 1. The Morgan fingerprint density at radius 2 is 1.77 bits per heavy atom. The van der Waals surface area contributed by atoms with Crippen molar-refractivity contribution in [1.29, 1.82) is 0 Å². The molecule has 0 aliphatic carbocycles. The normalized spacial score (nSPS) is 16.9. The van der Waals surface area contributed by atoms with Gasteiger partial charge in [0, 0.05) is 52.5 Å².